The largest absolute Gasteiger partial charge is 0.315 e. The van der Waals surface area contributed by atoms with Gasteiger partial charge in [-0.15, -0.1) is 0 Å². The summed E-state index contributed by atoms with van der Waals surface area (Å²) in [4.78, 5) is 2.66. The lowest BCUT2D eigenvalue weighted by Gasteiger charge is -2.29. The highest BCUT2D eigenvalue weighted by molar-refractivity contribution is 4.80. The van der Waals surface area contributed by atoms with Gasteiger partial charge < -0.3 is 5.32 Å². The number of nitrogens with one attached hydrogen (secondary N) is 1. The Morgan fingerprint density at radius 3 is 2.69 bits per heavy atom. The van der Waals surface area contributed by atoms with Gasteiger partial charge in [0.1, 0.15) is 0 Å². The Kier molecular flexibility index (Phi) is 4.74. The van der Waals surface area contributed by atoms with Crippen LogP contribution in [0.4, 0.5) is 0 Å². The smallest absolute Gasteiger partial charge is 0.0232 e. The second-order valence-corrected chi connectivity index (χ2v) is 4.54. The molecule has 2 nitrogen and oxygen atoms in total. The Hall–Kier alpha value is -0.0800. The van der Waals surface area contributed by atoms with Crippen LogP contribution in [-0.4, -0.2) is 37.1 Å². The van der Waals surface area contributed by atoms with Crippen LogP contribution in [0.3, 0.4) is 0 Å². The Bertz CT molecular complexity index is 128. The molecule has 1 saturated heterocycles. The molecule has 1 aliphatic heterocycles. The summed E-state index contributed by atoms with van der Waals surface area (Å²) in [6.07, 6.45) is 2.62. The first-order valence-corrected chi connectivity index (χ1v) is 5.68. The molecule has 1 atom stereocenters. The third-order valence-electron chi connectivity index (χ3n) is 2.66. The predicted molar refractivity (Wildman–Crippen MR) is 58.0 cm³/mol. The molecule has 13 heavy (non-hydrogen) atoms. The van der Waals surface area contributed by atoms with E-state index in [1.165, 1.54) is 39.0 Å². The molecular weight excluding hydrogens is 160 g/mol. The topological polar surface area (TPSA) is 15.3 Å². The third-order valence-corrected chi connectivity index (χ3v) is 2.66. The lowest BCUT2D eigenvalue weighted by molar-refractivity contribution is 0.186. The van der Waals surface area contributed by atoms with E-state index >= 15 is 0 Å². The van der Waals surface area contributed by atoms with E-state index in [2.05, 4.69) is 31.0 Å². The molecule has 0 bridgehead atoms. The summed E-state index contributed by atoms with van der Waals surface area (Å²) in [7, 11) is 0. The van der Waals surface area contributed by atoms with Gasteiger partial charge in [-0.2, -0.15) is 0 Å². The molecule has 1 unspecified atom stereocenters. The average Bonchev–Trinajstić information content (AvgIpc) is 2.54. The summed E-state index contributed by atoms with van der Waals surface area (Å²) in [5, 5.41) is 3.44. The summed E-state index contributed by atoms with van der Waals surface area (Å²) in [6.45, 7) is 11.8. The van der Waals surface area contributed by atoms with E-state index in [-0.39, 0.29) is 0 Å². The van der Waals surface area contributed by atoms with E-state index in [9.17, 15) is 0 Å². The standard InChI is InChI=1S/C11H24N2/c1-4-7-13(9-10(2)3)11-5-6-12-8-11/h10-12H,4-9H2,1-3H3. The summed E-state index contributed by atoms with van der Waals surface area (Å²) in [5.74, 6) is 0.798. The quantitative estimate of drug-likeness (QED) is 0.700. The van der Waals surface area contributed by atoms with Crippen LogP contribution in [0.5, 0.6) is 0 Å². The van der Waals surface area contributed by atoms with Crippen molar-refractivity contribution in [3.63, 3.8) is 0 Å². The van der Waals surface area contributed by atoms with Crippen molar-refractivity contribution in [3.05, 3.63) is 0 Å². The fourth-order valence-electron chi connectivity index (χ4n) is 2.13. The molecule has 0 saturated carbocycles. The molecule has 0 aliphatic carbocycles. The van der Waals surface area contributed by atoms with Gasteiger partial charge in [-0.05, 0) is 31.8 Å². The maximum atomic E-state index is 3.44. The van der Waals surface area contributed by atoms with Crippen molar-refractivity contribution < 1.29 is 0 Å². The minimum absolute atomic E-state index is 0.798. The second kappa shape index (κ2) is 5.61. The van der Waals surface area contributed by atoms with Gasteiger partial charge in [0.2, 0.25) is 0 Å². The fourth-order valence-corrected chi connectivity index (χ4v) is 2.13. The van der Waals surface area contributed by atoms with Gasteiger partial charge in [0.15, 0.2) is 0 Å². The zero-order valence-electron chi connectivity index (χ0n) is 9.34. The molecule has 2 heteroatoms. The molecule has 0 aromatic carbocycles. The van der Waals surface area contributed by atoms with Gasteiger partial charge in [0.05, 0.1) is 0 Å². The van der Waals surface area contributed by atoms with Crippen molar-refractivity contribution in [1.82, 2.24) is 10.2 Å². The molecule has 0 aromatic rings. The summed E-state index contributed by atoms with van der Waals surface area (Å²) < 4.78 is 0. The molecule has 78 valence electrons. The first-order valence-electron chi connectivity index (χ1n) is 5.68. The molecule has 1 fully saturated rings. The Labute approximate surface area is 82.7 Å². The Morgan fingerprint density at radius 1 is 1.46 bits per heavy atom. The number of hydrogen-bond acceptors (Lipinski definition) is 2. The van der Waals surface area contributed by atoms with Crippen LogP contribution in [0.15, 0.2) is 0 Å². The summed E-state index contributed by atoms with van der Waals surface area (Å²) >= 11 is 0. The van der Waals surface area contributed by atoms with Crippen molar-refractivity contribution in [2.24, 2.45) is 5.92 Å². The van der Waals surface area contributed by atoms with E-state index in [1.807, 2.05) is 0 Å². The van der Waals surface area contributed by atoms with Gasteiger partial charge in [0.25, 0.3) is 0 Å². The number of nitrogens with zero attached hydrogens (tertiary/aromatic N) is 1. The lowest BCUT2D eigenvalue weighted by atomic mass is 10.1. The van der Waals surface area contributed by atoms with E-state index in [0.717, 1.165) is 12.0 Å². The van der Waals surface area contributed by atoms with Crippen LogP contribution < -0.4 is 5.32 Å². The Morgan fingerprint density at radius 2 is 2.23 bits per heavy atom. The van der Waals surface area contributed by atoms with Crippen LogP contribution in [-0.2, 0) is 0 Å². The average molecular weight is 184 g/mol. The molecule has 0 radical (unpaired) electrons. The fraction of sp³-hybridized carbons (Fsp3) is 1.00. The third kappa shape index (κ3) is 3.65. The van der Waals surface area contributed by atoms with Crippen molar-refractivity contribution in [3.8, 4) is 0 Å². The number of rotatable bonds is 5. The predicted octanol–water partition coefficient (Wildman–Crippen LogP) is 1.72. The highest BCUT2D eigenvalue weighted by Crippen LogP contribution is 2.11. The van der Waals surface area contributed by atoms with Crippen LogP contribution in [0.2, 0.25) is 0 Å². The minimum atomic E-state index is 0.798. The Balaban J connectivity index is 2.35. The molecule has 1 aliphatic rings. The molecule has 1 heterocycles. The maximum absolute atomic E-state index is 3.44. The van der Waals surface area contributed by atoms with Crippen LogP contribution in [0.25, 0.3) is 0 Å². The molecule has 1 rings (SSSR count). The van der Waals surface area contributed by atoms with Gasteiger partial charge in [0, 0.05) is 19.1 Å². The summed E-state index contributed by atoms with van der Waals surface area (Å²) in [6, 6.07) is 0.808. The van der Waals surface area contributed by atoms with Crippen molar-refractivity contribution >= 4 is 0 Å². The van der Waals surface area contributed by atoms with Gasteiger partial charge in [-0.1, -0.05) is 20.8 Å². The summed E-state index contributed by atoms with van der Waals surface area (Å²) in [5.41, 5.74) is 0. The first kappa shape index (κ1) is 11.0. The van der Waals surface area contributed by atoms with E-state index in [1.54, 1.807) is 0 Å². The van der Waals surface area contributed by atoms with E-state index < -0.39 is 0 Å². The van der Waals surface area contributed by atoms with Gasteiger partial charge >= 0.3 is 0 Å². The molecule has 0 amide bonds. The van der Waals surface area contributed by atoms with E-state index in [0.29, 0.717) is 0 Å². The normalized spacial score (nSPS) is 23.3. The van der Waals surface area contributed by atoms with Crippen molar-refractivity contribution in [1.29, 1.82) is 0 Å². The van der Waals surface area contributed by atoms with Crippen LogP contribution in [0.1, 0.15) is 33.6 Å². The highest BCUT2D eigenvalue weighted by Gasteiger charge is 2.21. The highest BCUT2D eigenvalue weighted by atomic mass is 15.2. The first-order chi connectivity index (χ1) is 6.24. The van der Waals surface area contributed by atoms with Gasteiger partial charge in [-0.3, -0.25) is 4.90 Å². The molecule has 0 spiro atoms. The monoisotopic (exact) mass is 184 g/mol. The van der Waals surface area contributed by atoms with Crippen molar-refractivity contribution in [2.45, 2.75) is 39.7 Å². The second-order valence-electron chi connectivity index (χ2n) is 4.54. The lowest BCUT2D eigenvalue weighted by Crippen LogP contribution is -2.39. The number of hydrogen-bond donors (Lipinski definition) is 1. The maximum Gasteiger partial charge on any atom is 0.0232 e. The molecule has 0 aromatic heterocycles. The van der Waals surface area contributed by atoms with Crippen LogP contribution >= 0.6 is 0 Å². The zero-order valence-corrected chi connectivity index (χ0v) is 9.34. The van der Waals surface area contributed by atoms with Crippen molar-refractivity contribution in [2.75, 3.05) is 26.2 Å². The van der Waals surface area contributed by atoms with Crippen LogP contribution in [0, 0.1) is 5.92 Å². The zero-order chi connectivity index (χ0) is 9.68. The van der Waals surface area contributed by atoms with E-state index in [4.69, 9.17) is 0 Å². The van der Waals surface area contributed by atoms with Gasteiger partial charge in [-0.25, -0.2) is 0 Å². The molecular formula is C11H24N2. The minimum Gasteiger partial charge on any atom is -0.315 e. The SMILES string of the molecule is CCCN(CC(C)C)C1CCNC1. The molecule has 1 N–H and O–H groups in total.